The number of methoxy groups -OCH3 is 4. The number of ether oxygens (including phenoxy) is 4. The zero-order chi connectivity index (χ0) is 28.2. The highest BCUT2D eigenvalue weighted by Crippen LogP contribution is 2.29. The number of carbonyl (C=O) groups excluding carboxylic acids is 2. The highest BCUT2D eigenvalue weighted by molar-refractivity contribution is 6.29. The minimum Gasteiger partial charge on any atom is -0.507 e. The first-order valence-corrected chi connectivity index (χ1v) is 12.0. The van der Waals surface area contributed by atoms with Crippen LogP contribution in [0.15, 0.2) is 96.3 Å². The van der Waals surface area contributed by atoms with Crippen molar-refractivity contribution in [2.45, 2.75) is 0 Å². The number of aliphatic hydroxyl groups excluding tert-OH is 1. The third kappa shape index (κ3) is 7.72. The van der Waals surface area contributed by atoms with Crippen molar-refractivity contribution in [3.8, 4) is 23.0 Å². The topological polar surface area (TPSA) is 91.3 Å². The molecule has 1 N–H and O–H groups in total. The van der Waals surface area contributed by atoms with Crippen LogP contribution in [0.25, 0.3) is 18.2 Å². The van der Waals surface area contributed by atoms with E-state index in [0.717, 1.165) is 5.56 Å². The lowest BCUT2D eigenvalue weighted by molar-refractivity contribution is -0.117. The molecule has 3 rings (SSSR count). The van der Waals surface area contributed by atoms with Crippen molar-refractivity contribution in [1.29, 1.82) is 0 Å². The molecule has 7 nitrogen and oxygen atoms in total. The van der Waals surface area contributed by atoms with Crippen molar-refractivity contribution >= 4 is 29.8 Å². The number of carbonyl (C=O) groups is 2. The van der Waals surface area contributed by atoms with Crippen LogP contribution in [-0.4, -0.2) is 45.1 Å². The van der Waals surface area contributed by atoms with Crippen LogP contribution in [-0.2, 0) is 9.59 Å². The Kier molecular flexibility index (Phi) is 10.3. The number of ketones is 2. The molecule has 3 aromatic rings. The van der Waals surface area contributed by atoms with E-state index in [1.54, 1.807) is 48.6 Å². The second-order valence-corrected chi connectivity index (χ2v) is 8.13. The van der Waals surface area contributed by atoms with E-state index in [1.807, 2.05) is 30.3 Å². The zero-order valence-electron chi connectivity index (χ0n) is 22.2. The Morgan fingerprint density at radius 1 is 0.564 bits per heavy atom. The summed E-state index contributed by atoms with van der Waals surface area (Å²) in [5.74, 6) is 0.295. The molecule has 200 valence electrons. The maximum atomic E-state index is 13.2. The van der Waals surface area contributed by atoms with Crippen LogP contribution >= 0.6 is 0 Å². The van der Waals surface area contributed by atoms with Gasteiger partial charge in [0.2, 0.25) is 0 Å². The van der Waals surface area contributed by atoms with Gasteiger partial charge in [-0.3, -0.25) is 9.59 Å². The Morgan fingerprint density at radius 3 is 1.46 bits per heavy atom. The molecule has 0 aliphatic heterocycles. The molecule has 0 atom stereocenters. The Hall–Kier alpha value is -5.04. The van der Waals surface area contributed by atoms with Gasteiger partial charge in [-0.15, -0.1) is 0 Å². The largest absolute Gasteiger partial charge is 0.507 e. The lowest BCUT2D eigenvalue weighted by atomic mass is 10.0. The van der Waals surface area contributed by atoms with Crippen molar-refractivity contribution in [1.82, 2.24) is 0 Å². The van der Waals surface area contributed by atoms with Gasteiger partial charge in [0.05, 0.1) is 28.4 Å². The number of allylic oxidation sites excluding steroid dienone is 4. The lowest BCUT2D eigenvalue weighted by Crippen LogP contribution is -2.11. The van der Waals surface area contributed by atoms with Crippen LogP contribution in [0.2, 0.25) is 0 Å². The summed E-state index contributed by atoms with van der Waals surface area (Å²) in [6.07, 6.45) is 8.46. The monoisotopic (exact) mass is 526 g/mol. The SMILES string of the molecule is COc1ccc(/C=C/C(=O)C(C(=O)/C=C/c2ccccc2)=C(O)/C=C/c2ccc(OC)c(OC)c2)cc1OC. The summed E-state index contributed by atoms with van der Waals surface area (Å²) < 4.78 is 21.1. The average Bonchev–Trinajstić information content (AvgIpc) is 2.98. The smallest absolute Gasteiger partial charge is 0.193 e. The minimum absolute atomic E-state index is 0.379. The van der Waals surface area contributed by atoms with Crippen molar-refractivity contribution in [2.75, 3.05) is 28.4 Å². The zero-order valence-corrected chi connectivity index (χ0v) is 22.2. The molecule has 39 heavy (non-hydrogen) atoms. The summed E-state index contributed by atoms with van der Waals surface area (Å²) in [5, 5.41) is 10.9. The molecule has 0 fully saturated rings. The average molecular weight is 527 g/mol. The molecule has 0 aliphatic carbocycles. The van der Waals surface area contributed by atoms with Gasteiger partial charge in [-0.25, -0.2) is 0 Å². The van der Waals surface area contributed by atoms with E-state index in [-0.39, 0.29) is 5.57 Å². The van der Waals surface area contributed by atoms with E-state index in [4.69, 9.17) is 18.9 Å². The first-order valence-electron chi connectivity index (χ1n) is 12.0. The molecule has 0 bridgehead atoms. The van der Waals surface area contributed by atoms with Crippen LogP contribution in [0.4, 0.5) is 0 Å². The maximum absolute atomic E-state index is 13.2. The number of hydrogen-bond donors (Lipinski definition) is 1. The van der Waals surface area contributed by atoms with E-state index >= 15 is 0 Å². The van der Waals surface area contributed by atoms with Gasteiger partial charge in [-0.1, -0.05) is 60.7 Å². The first kappa shape index (κ1) is 28.5. The normalized spacial score (nSPS) is 12.0. The second kappa shape index (κ2) is 14.0. The molecule has 0 saturated heterocycles. The second-order valence-electron chi connectivity index (χ2n) is 8.13. The highest BCUT2D eigenvalue weighted by Gasteiger charge is 2.19. The molecule has 0 aromatic heterocycles. The Labute approximate surface area is 227 Å². The van der Waals surface area contributed by atoms with Crippen LogP contribution in [0, 0.1) is 0 Å². The van der Waals surface area contributed by atoms with Gasteiger partial charge in [0.25, 0.3) is 0 Å². The van der Waals surface area contributed by atoms with E-state index in [9.17, 15) is 14.7 Å². The van der Waals surface area contributed by atoms with Crippen LogP contribution in [0.3, 0.4) is 0 Å². The molecule has 7 heteroatoms. The van der Waals surface area contributed by atoms with Gasteiger partial charge in [-0.05, 0) is 59.2 Å². The number of hydrogen-bond acceptors (Lipinski definition) is 7. The minimum atomic E-state index is -0.665. The summed E-state index contributed by atoms with van der Waals surface area (Å²) in [5.41, 5.74) is 1.71. The molecule has 0 heterocycles. The molecule has 0 amide bonds. The molecular weight excluding hydrogens is 496 g/mol. The summed E-state index contributed by atoms with van der Waals surface area (Å²) >= 11 is 0. The van der Waals surface area contributed by atoms with Crippen molar-refractivity contribution < 1.29 is 33.6 Å². The van der Waals surface area contributed by atoms with E-state index in [1.165, 1.54) is 52.7 Å². The van der Waals surface area contributed by atoms with Gasteiger partial charge in [-0.2, -0.15) is 0 Å². The predicted molar refractivity (Wildman–Crippen MR) is 152 cm³/mol. The third-order valence-electron chi connectivity index (χ3n) is 5.65. The van der Waals surface area contributed by atoms with Gasteiger partial charge >= 0.3 is 0 Å². The molecule has 0 unspecified atom stereocenters. The molecule has 0 aliphatic rings. The fraction of sp³-hybridized carbons (Fsp3) is 0.125. The van der Waals surface area contributed by atoms with Crippen molar-refractivity contribution in [3.63, 3.8) is 0 Å². The van der Waals surface area contributed by atoms with Crippen LogP contribution < -0.4 is 18.9 Å². The van der Waals surface area contributed by atoms with Crippen LogP contribution in [0.5, 0.6) is 23.0 Å². The van der Waals surface area contributed by atoms with E-state index in [0.29, 0.717) is 34.1 Å². The molecule has 3 aromatic carbocycles. The number of benzene rings is 3. The molecule has 0 spiro atoms. The fourth-order valence-corrected chi connectivity index (χ4v) is 3.62. The number of rotatable bonds is 12. The van der Waals surface area contributed by atoms with Gasteiger partial charge in [0, 0.05) is 0 Å². The van der Waals surface area contributed by atoms with Crippen molar-refractivity contribution in [3.05, 3.63) is 113 Å². The quantitative estimate of drug-likeness (QED) is 0.100. The maximum Gasteiger partial charge on any atom is 0.193 e. The Bertz CT molecular complexity index is 1430. The standard InChI is InChI=1S/C32H30O7/c1-36-28-18-13-23(20-30(28)38-3)11-16-26(34)32(25(33)15-10-22-8-6-5-7-9-22)27(35)17-12-24-14-19-29(37-2)31(21-24)39-4/h5-21,34H,1-4H3/b15-10+,16-11+,17-12+,32-26?. The molecular formula is C32H30O7. The van der Waals surface area contributed by atoms with E-state index in [2.05, 4.69) is 0 Å². The Morgan fingerprint density at radius 2 is 1.00 bits per heavy atom. The summed E-state index contributed by atoms with van der Waals surface area (Å²) in [7, 11) is 6.09. The van der Waals surface area contributed by atoms with Gasteiger partial charge in [0.1, 0.15) is 11.3 Å². The summed E-state index contributed by atoms with van der Waals surface area (Å²) in [6.45, 7) is 0. The molecule has 0 saturated carbocycles. The third-order valence-corrected chi connectivity index (χ3v) is 5.65. The van der Waals surface area contributed by atoms with Crippen LogP contribution in [0.1, 0.15) is 16.7 Å². The Balaban J connectivity index is 1.96. The van der Waals surface area contributed by atoms with E-state index < -0.39 is 17.3 Å². The first-order chi connectivity index (χ1) is 18.9. The summed E-state index contributed by atoms with van der Waals surface area (Å²) in [4.78, 5) is 26.3. The molecule has 0 radical (unpaired) electrons. The van der Waals surface area contributed by atoms with Gasteiger partial charge < -0.3 is 24.1 Å². The lowest BCUT2D eigenvalue weighted by Gasteiger charge is -2.08. The highest BCUT2D eigenvalue weighted by atomic mass is 16.5. The predicted octanol–water partition coefficient (Wildman–Crippen LogP) is 6.11. The van der Waals surface area contributed by atoms with Crippen molar-refractivity contribution in [2.24, 2.45) is 0 Å². The van der Waals surface area contributed by atoms with Gasteiger partial charge in [0.15, 0.2) is 34.6 Å². The number of aliphatic hydroxyl groups is 1. The summed E-state index contributed by atoms with van der Waals surface area (Å²) in [6, 6.07) is 19.5. The fourth-order valence-electron chi connectivity index (χ4n) is 3.62.